The smallest absolute Gasteiger partial charge is 0.253 e. The van der Waals surface area contributed by atoms with Crippen molar-refractivity contribution in [1.29, 1.82) is 0 Å². The zero-order chi connectivity index (χ0) is 18.9. The van der Waals surface area contributed by atoms with E-state index in [9.17, 15) is 4.79 Å². The molecular weight excluding hydrogens is 395 g/mol. The number of ketones is 1. The molecule has 0 amide bonds. The number of aryl methyl sites for hydroxylation is 2. The third kappa shape index (κ3) is 3.85. The van der Waals surface area contributed by atoms with Gasteiger partial charge in [-0.2, -0.15) is 0 Å². The summed E-state index contributed by atoms with van der Waals surface area (Å²) in [7, 11) is 0. The Kier molecular flexibility index (Phi) is 5.23. The molecule has 0 bridgehead atoms. The van der Waals surface area contributed by atoms with Crippen LogP contribution >= 0.6 is 34.8 Å². The van der Waals surface area contributed by atoms with Crippen LogP contribution in [-0.4, -0.2) is 29.5 Å². The topological polar surface area (TPSA) is 74.4 Å². The molecule has 0 aliphatic rings. The molecule has 26 heavy (non-hydrogen) atoms. The van der Waals surface area contributed by atoms with Gasteiger partial charge in [0.1, 0.15) is 0 Å². The van der Waals surface area contributed by atoms with Crippen molar-refractivity contribution >= 4 is 62.4 Å². The molecule has 0 aliphatic heterocycles. The second-order valence-electron chi connectivity index (χ2n) is 5.79. The predicted molar refractivity (Wildman–Crippen MR) is 106 cm³/mol. The van der Waals surface area contributed by atoms with Crippen molar-refractivity contribution in [2.45, 2.75) is 17.6 Å². The highest BCUT2D eigenvalue weighted by atomic mass is 35.6. The molecule has 2 N–H and O–H groups in total. The van der Waals surface area contributed by atoms with E-state index in [1.54, 1.807) is 31.6 Å². The quantitative estimate of drug-likeness (QED) is 0.331. The first-order valence-electron chi connectivity index (χ1n) is 7.70. The lowest BCUT2D eigenvalue weighted by molar-refractivity contribution is 0.0997. The van der Waals surface area contributed by atoms with Crippen LogP contribution in [0.5, 0.6) is 0 Å². The Bertz CT molecular complexity index is 1050. The van der Waals surface area contributed by atoms with Crippen molar-refractivity contribution in [3.05, 3.63) is 59.9 Å². The molecule has 134 valence electrons. The first-order chi connectivity index (χ1) is 12.3. The number of hydrogen-bond acceptors (Lipinski definition) is 3. The Balaban J connectivity index is 0.000000167. The van der Waals surface area contributed by atoms with Gasteiger partial charge in [-0.25, -0.2) is 0 Å². The summed E-state index contributed by atoms with van der Waals surface area (Å²) in [4.78, 5) is 26.1. The number of H-pyrrole nitrogens is 2. The van der Waals surface area contributed by atoms with Crippen molar-refractivity contribution in [2.24, 2.45) is 0 Å². The second kappa shape index (κ2) is 7.27. The van der Waals surface area contributed by atoms with Crippen molar-refractivity contribution in [3.8, 4) is 0 Å². The minimum Gasteiger partial charge on any atom is -0.357 e. The van der Waals surface area contributed by atoms with Gasteiger partial charge in [-0.05, 0) is 32.0 Å². The maximum atomic E-state index is 11.9. The van der Waals surface area contributed by atoms with Gasteiger partial charge in [0.05, 0.1) is 29.0 Å². The fraction of sp³-hybridized carbons (Fsp3) is 0.167. The number of aromatic nitrogens is 4. The van der Waals surface area contributed by atoms with Gasteiger partial charge in [0.15, 0.2) is 0 Å². The zero-order valence-electron chi connectivity index (χ0n) is 14.0. The molecule has 4 heterocycles. The third-order valence-corrected chi connectivity index (χ3v) is 4.35. The summed E-state index contributed by atoms with van der Waals surface area (Å²) in [6.45, 7) is 3.80. The molecule has 0 radical (unpaired) electrons. The fourth-order valence-electron chi connectivity index (χ4n) is 2.73. The van der Waals surface area contributed by atoms with Crippen molar-refractivity contribution in [1.82, 2.24) is 19.9 Å². The van der Waals surface area contributed by atoms with E-state index < -0.39 is 9.58 Å². The zero-order valence-corrected chi connectivity index (χ0v) is 16.2. The van der Waals surface area contributed by atoms with Crippen molar-refractivity contribution < 1.29 is 4.79 Å². The van der Waals surface area contributed by atoms with Crippen LogP contribution in [0.25, 0.3) is 21.8 Å². The van der Waals surface area contributed by atoms with Crippen molar-refractivity contribution in [2.75, 3.05) is 0 Å². The Hall–Kier alpha value is -2.08. The maximum absolute atomic E-state index is 11.9. The normalized spacial score (nSPS) is 11.4. The highest BCUT2D eigenvalue weighted by Gasteiger charge is 2.34. The van der Waals surface area contributed by atoms with E-state index in [-0.39, 0.29) is 0 Å². The van der Waals surface area contributed by atoms with E-state index in [0.29, 0.717) is 16.6 Å². The molecule has 4 aromatic rings. The van der Waals surface area contributed by atoms with E-state index in [4.69, 9.17) is 34.8 Å². The lowest BCUT2D eigenvalue weighted by Crippen LogP contribution is -2.19. The summed E-state index contributed by atoms with van der Waals surface area (Å²) < 4.78 is -1.94. The number of rotatable bonds is 1. The fourth-order valence-corrected chi connectivity index (χ4v) is 3.01. The number of nitrogens with one attached hydrogen (secondary N) is 2. The number of pyridine rings is 2. The number of carbonyl (C=O) groups excluding carboxylic acids is 1. The number of nitrogens with zero attached hydrogens (tertiary/aromatic N) is 2. The second-order valence-corrected chi connectivity index (χ2v) is 8.07. The summed E-state index contributed by atoms with van der Waals surface area (Å²) in [6.07, 6.45) is 6.85. The van der Waals surface area contributed by atoms with Crippen LogP contribution in [0.3, 0.4) is 0 Å². The average Bonchev–Trinajstić information content (AvgIpc) is 3.11. The van der Waals surface area contributed by atoms with Crippen LogP contribution in [0.2, 0.25) is 0 Å². The number of Topliss-reactive ketones (excluding diaryl/α,β-unsaturated/α-hetero) is 1. The van der Waals surface area contributed by atoms with E-state index >= 15 is 0 Å². The molecule has 4 rings (SSSR count). The predicted octanol–water partition coefficient (Wildman–Crippen LogP) is 5.30. The molecule has 0 spiro atoms. The van der Waals surface area contributed by atoms with Crippen LogP contribution in [0.15, 0.2) is 43.0 Å². The number of alkyl halides is 3. The molecular formula is C18H15Cl3N4O. The lowest BCUT2D eigenvalue weighted by atomic mass is 10.1. The Morgan fingerprint density at radius 1 is 1.00 bits per heavy atom. The SMILES string of the molecule is Cc1[nH]c2cnccc2c1C(=O)C(Cl)(Cl)Cl.Cc1cc2ccncc2[nH]1. The summed E-state index contributed by atoms with van der Waals surface area (Å²) >= 11 is 16.8. The van der Waals surface area contributed by atoms with Gasteiger partial charge in [0.25, 0.3) is 3.79 Å². The van der Waals surface area contributed by atoms with Gasteiger partial charge >= 0.3 is 0 Å². The van der Waals surface area contributed by atoms with Gasteiger partial charge in [-0.15, -0.1) is 0 Å². The highest BCUT2D eigenvalue weighted by Crippen LogP contribution is 2.34. The molecule has 4 aromatic heterocycles. The van der Waals surface area contributed by atoms with Gasteiger partial charge in [-0.3, -0.25) is 14.8 Å². The monoisotopic (exact) mass is 408 g/mol. The first kappa shape index (κ1) is 18.7. The summed E-state index contributed by atoms with van der Waals surface area (Å²) in [5.74, 6) is -0.535. The number of fused-ring (bicyclic) bond motifs is 2. The van der Waals surface area contributed by atoms with Crippen LogP contribution in [0, 0.1) is 13.8 Å². The molecule has 5 nitrogen and oxygen atoms in total. The molecule has 0 aliphatic carbocycles. The molecule has 0 saturated carbocycles. The number of hydrogen-bond donors (Lipinski definition) is 2. The maximum Gasteiger partial charge on any atom is 0.253 e. The summed E-state index contributed by atoms with van der Waals surface area (Å²) in [6, 6.07) is 5.82. The Labute approximate surface area is 164 Å². The number of aromatic amines is 2. The van der Waals surface area contributed by atoms with Crippen LogP contribution in [0.4, 0.5) is 0 Å². The number of carbonyl (C=O) groups is 1. The molecule has 0 saturated heterocycles. The minimum atomic E-state index is -1.94. The van der Waals surface area contributed by atoms with Gasteiger partial charge < -0.3 is 9.97 Å². The Morgan fingerprint density at radius 2 is 1.65 bits per heavy atom. The van der Waals surface area contributed by atoms with E-state index in [2.05, 4.69) is 26.0 Å². The van der Waals surface area contributed by atoms with E-state index in [1.807, 2.05) is 19.2 Å². The Morgan fingerprint density at radius 3 is 2.31 bits per heavy atom. The molecule has 0 aromatic carbocycles. The summed E-state index contributed by atoms with van der Waals surface area (Å²) in [5, 5.41) is 1.94. The lowest BCUT2D eigenvalue weighted by Gasteiger charge is -2.09. The molecule has 0 atom stereocenters. The third-order valence-electron chi connectivity index (χ3n) is 3.83. The molecule has 8 heteroatoms. The molecule has 0 fully saturated rings. The summed E-state index contributed by atoms with van der Waals surface area (Å²) in [5.41, 5.74) is 4.11. The van der Waals surface area contributed by atoms with Gasteiger partial charge in [-0.1, -0.05) is 34.8 Å². The largest absolute Gasteiger partial charge is 0.357 e. The van der Waals surface area contributed by atoms with Crippen LogP contribution < -0.4 is 0 Å². The van der Waals surface area contributed by atoms with Gasteiger partial charge in [0, 0.05) is 34.6 Å². The standard InChI is InChI=1S/C10H7Cl3N2O.C8H8N2/c1-5-8(9(16)10(11,12)13)6-2-3-14-4-7(6)15-5;1-6-4-7-2-3-9-5-8(7)10-6/h2-4,15H,1H3;2-5,10H,1H3. The molecule has 0 unspecified atom stereocenters. The average molecular weight is 410 g/mol. The van der Waals surface area contributed by atoms with E-state index in [1.165, 1.54) is 11.1 Å². The number of halogens is 3. The van der Waals surface area contributed by atoms with Crippen molar-refractivity contribution in [3.63, 3.8) is 0 Å². The van der Waals surface area contributed by atoms with E-state index in [0.717, 1.165) is 11.0 Å². The van der Waals surface area contributed by atoms with Crippen LogP contribution in [-0.2, 0) is 0 Å². The van der Waals surface area contributed by atoms with Gasteiger partial charge in [0.2, 0.25) is 5.78 Å². The van der Waals surface area contributed by atoms with Crippen LogP contribution in [0.1, 0.15) is 21.7 Å². The highest BCUT2D eigenvalue weighted by molar-refractivity contribution is 6.77. The minimum absolute atomic E-state index is 0.400. The first-order valence-corrected chi connectivity index (χ1v) is 8.84.